The second-order valence-electron chi connectivity index (χ2n) is 4.55. The molecule has 17 heavy (non-hydrogen) atoms. The lowest BCUT2D eigenvalue weighted by atomic mass is 9.96. The maximum Gasteiger partial charge on any atom is 0.171 e. The number of aliphatic hydroxyl groups excluding tert-OH is 2. The van der Waals surface area contributed by atoms with Crippen molar-refractivity contribution < 1.29 is 14.6 Å². The highest BCUT2D eigenvalue weighted by atomic mass is 19.1. The lowest BCUT2D eigenvalue weighted by molar-refractivity contribution is 0.102. The molecule has 1 aromatic heterocycles. The van der Waals surface area contributed by atoms with Crippen molar-refractivity contribution in [2.24, 2.45) is 5.92 Å². The predicted octanol–water partition coefficient (Wildman–Crippen LogP) is 0.920. The van der Waals surface area contributed by atoms with Crippen LogP contribution in [-0.2, 0) is 6.61 Å². The van der Waals surface area contributed by atoms with E-state index >= 15 is 0 Å². The Morgan fingerprint density at radius 1 is 1.59 bits per heavy atom. The van der Waals surface area contributed by atoms with E-state index in [4.69, 9.17) is 5.11 Å². The molecule has 0 bridgehead atoms. The SMILES string of the molecule is CC1CCN(c2nccc(CO)c2F)CC1O. The van der Waals surface area contributed by atoms with E-state index in [0.29, 0.717) is 13.1 Å². The average Bonchev–Trinajstić information content (AvgIpc) is 2.33. The summed E-state index contributed by atoms with van der Waals surface area (Å²) in [6.07, 6.45) is 1.84. The molecule has 0 aliphatic carbocycles. The fourth-order valence-corrected chi connectivity index (χ4v) is 2.06. The van der Waals surface area contributed by atoms with E-state index in [0.717, 1.165) is 6.42 Å². The first kappa shape index (κ1) is 12.3. The summed E-state index contributed by atoms with van der Waals surface area (Å²) in [6.45, 7) is 2.71. The number of anilines is 1. The maximum absolute atomic E-state index is 13.9. The topological polar surface area (TPSA) is 56.6 Å². The Morgan fingerprint density at radius 3 is 3.00 bits per heavy atom. The largest absolute Gasteiger partial charge is 0.392 e. The van der Waals surface area contributed by atoms with E-state index in [1.807, 2.05) is 6.92 Å². The smallest absolute Gasteiger partial charge is 0.171 e. The van der Waals surface area contributed by atoms with Crippen LogP contribution in [0, 0.1) is 11.7 Å². The fraction of sp³-hybridized carbons (Fsp3) is 0.583. The third-order valence-electron chi connectivity index (χ3n) is 3.34. The molecule has 2 N–H and O–H groups in total. The number of hydrogen-bond donors (Lipinski definition) is 2. The Morgan fingerprint density at radius 2 is 2.35 bits per heavy atom. The van der Waals surface area contributed by atoms with Crippen molar-refractivity contribution in [1.29, 1.82) is 0 Å². The molecule has 0 amide bonds. The van der Waals surface area contributed by atoms with Crippen molar-refractivity contribution in [3.05, 3.63) is 23.6 Å². The van der Waals surface area contributed by atoms with E-state index in [-0.39, 0.29) is 23.9 Å². The average molecular weight is 240 g/mol. The van der Waals surface area contributed by atoms with Crippen LogP contribution < -0.4 is 4.90 Å². The molecule has 1 aromatic rings. The zero-order valence-electron chi connectivity index (χ0n) is 9.80. The molecule has 0 saturated carbocycles. The van der Waals surface area contributed by atoms with Crippen molar-refractivity contribution in [1.82, 2.24) is 4.98 Å². The van der Waals surface area contributed by atoms with Crippen LogP contribution in [0.25, 0.3) is 0 Å². The number of β-amino-alcohol motifs (C(OH)–C–C–N with tert-alkyl or cyclic N) is 1. The monoisotopic (exact) mass is 240 g/mol. The molecule has 94 valence electrons. The second-order valence-corrected chi connectivity index (χ2v) is 4.55. The zero-order valence-corrected chi connectivity index (χ0v) is 9.80. The Balaban J connectivity index is 2.23. The van der Waals surface area contributed by atoms with Gasteiger partial charge in [0.05, 0.1) is 12.7 Å². The minimum atomic E-state index is -0.489. The molecule has 2 heterocycles. The highest BCUT2D eigenvalue weighted by Crippen LogP contribution is 2.25. The first-order chi connectivity index (χ1) is 8.13. The Kier molecular flexibility index (Phi) is 3.59. The number of halogens is 1. The van der Waals surface area contributed by atoms with Gasteiger partial charge in [0.25, 0.3) is 0 Å². The second kappa shape index (κ2) is 4.98. The van der Waals surface area contributed by atoms with Gasteiger partial charge in [0, 0.05) is 24.8 Å². The summed E-state index contributed by atoms with van der Waals surface area (Å²) in [5.74, 6) is -0.0328. The third-order valence-corrected chi connectivity index (χ3v) is 3.34. The fourth-order valence-electron chi connectivity index (χ4n) is 2.06. The van der Waals surface area contributed by atoms with Crippen LogP contribution in [0.3, 0.4) is 0 Å². The number of aliphatic hydroxyl groups is 2. The molecule has 0 aromatic carbocycles. The lowest BCUT2D eigenvalue weighted by Crippen LogP contribution is -2.43. The zero-order chi connectivity index (χ0) is 12.4. The van der Waals surface area contributed by atoms with Crippen molar-refractivity contribution in [3.63, 3.8) is 0 Å². The molecular weight excluding hydrogens is 223 g/mol. The van der Waals surface area contributed by atoms with Crippen molar-refractivity contribution in [3.8, 4) is 0 Å². The highest BCUT2D eigenvalue weighted by Gasteiger charge is 2.27. The van der Waals surface area contributed by atoms with Crippen LogP contribution >= 0.6 is 0 Å². The van der Waals surface area contributed by atoms with Crippen molar-refractivity contribution >= 4 is 5.82 Å². The quantitative estimate of drug-likeness (QED) is 0.807. The minimum Gasteiger partial charge on any atom is -0.392 e. The van der Waals surface area contributed by atoms with Gasteiger partial charge >= 0.3 is 0 Å². The van der Waals surface area contributed by atoms with Crippen molar-refractivity contribution in [2.75, 3.05) is 18.0 Å². The van der Waals surface area contributed by atoms with Gasteiger partial charge in [-0.05, 0) is 18.4 Å². The van der Waals surface area contributed by atoms with Gasteiger partial charge in [0.15, 0.2) is 11.6 Å². The lowest BCUT2D eigenvalue weighted by Gasteiger charge is -2.35. The summed E-state index contributed by atoms with van der Waals surface area (Å²) in [6, 6.07) is 1.46. The molecule has 1 aliphatic heterocycles. The van der Waals surface area contributed by atoms with Crippen LogP contribution in [0.5, 0.6) is 0 Å². The van der Waals surface area contributed by atoms with E-state index in [9.17, 15) is 9.50 Å². The molecule has 2 rings (SSSR count). The number of nitrogens with zero attached hydrogens (tertiary/aromatic N) is 2. The number of hydrogen-bond acceptors (Lipinski definition) is 4. The Labute approximate surface area is 99.7 Å². The van der Waals surface area contributed by atoms with Gasteiger partial charge in [-0.15, -0.1) is 0 Å². The van der Waals surface area contributed by atoms with Crippen LogP contribution in [0.4, 0.5) is 10.2 Å². The summed E-state index contributed by atoms with van der Waals surface area (Å²) in [5.41, 5.74) is 0.239. The molecule has 1 aliphatic rings. The number of aromatic nitrogens is 1. The molecule has 1 saturated heterocycles. The maximum atomic E-state index is 13.9. The summed E-state index contributed by atoms with van der Waals surface area (Å²) < 4.78 is 13.9. The van der Waals surface area contributed by atoms with Crippen LogP contribution in [0.1, 0.15) is 18.9 Å². The molecule has 4 nitrogen and oxygen atoms in total. The predicted molar refractivity (Wildman–Crippen MR) is 62.1 cm³/mol. The van der Waals surface area contributed by atoms with Gasteiger partial charge in [-0.1, -0.05) is 6.92 Å². The highest BCUT2D eigenvalue weighted by molar-refractivity contribution is 5.43. The third kappa shape index (κ3) is 2.40. The van der Waals surface area contributed by atoms with Gasteiger partial charge in [-0.2, -0.15) is 0 Å². The Hall–Kier alpha value is -1.20. The minimum absolute atomic E-state index is 0.225. The first-order valence-electron chi connectivity index (χ1n) is 5.80. The van der Waals surface area contributed by atoms with E-state index in [1.165, 1.54) is 12.3 Å². The summed E-state index contributed by atoms with van der Waals surface area (Å²) in [5, 5.41) is 18.8. The van der Waals surface area contributed by atoms with Gasteiger partial charge < -0.3 is 15.1 Å². The van der Waals surface area contributed by atoms with Gasteiger partial charge in [-0.25, -0.2) is 9.37 Å². The molecular formula is C12H17FN2O2. The van der Waals surface area contributed by atoms with E-state index < -0.39 is 11.9 Å². The van der Waals surface area contributed by atoms with Gasteiger partial charge in [-0.3, -0.25) is 0 Å². The number of rotatable bonds is 2. The molecule has 0 spiro atoms. The number of piperidine rings is 1. The molecule has 2 atom stereocenters. The molecule has 0 radical (unpaired) electrons. The van der Waals surface area contributed by atoms with Gasteiger partial charge in [0.2, 0.25) is 0 Å². The normalized spacial score (nSPS) is 25.1. The van der Waals surface area contributed by atoms with Crippen LogP contribution in [-0.4, -0.2) is 34.4 Å². The van der Waals surface area contributed by atoms with Gasteiger partial charge in [0.1, 0.15) is 0 Å². The summed E-state index contributed by atoms with van der Waals surface area (Å²) >= 11 is 0. The summed E-state index contributed by atoms with van der Waals surface area (Å²) in [4.78, 5) is 5.73. The van der Waals surface area contributed by atoms with E-state index in [1.54, 1.807) is 4.90 Å². The summed E-state index contributed by atoms with van der Waals surface area (Å²) in [7, 11) is 0. The molecule has 2 unspecified atom stereocenters. The van der Waals surface area contributed by atoms with Crippen molar-refractivity contribution in [2.45, 2.75) is 26.1 Å². The Bertz CT molecular complexity index is 400. The molecule has 5 heteroatoms. The molecule has 1 fully saturated rings. The van der Waals surface area contributed by atoms with Crippen LogP contribution in [0.2, 0.25) is 0 Å². The van der Waals surface area contributed by atoms with Crippen LogP contribution in [0.15, 0.2) is 12.3 Å². The number of pyridine rings is 1. The van der Waals surface area contributed by atoms with E-state index in [2.05, 4.69) is 4.98 Å². The first-order valence-corrected chi connectivity index (χ1v) is 5.80. The standard InChI is InChI=1S/C12H17FN2O2/c1-8-3-5-15(6-10(8)17)12-11(13)9(7-16)2-4-14-12/h2,4,8,10,16-17H,3,5-7H2,1H3.